The number of fused-ring (bicyclic) bond motifs is 3. The Morgan fingerprint density at radius 1 is 1.18 bits per heavy atom. The van der Waals surface area contributed by atoms with Crippen LogP contribution in [0.1, 0.15) is 25.7 Å². The topological polar surface area (TPSA) is 91.4 Å². The van der Waals surface area contributed by atoms with Crippen molar-refractivity contribution in [1.29, 1.82) is 0 Å². The lowest BCUT2D eigenvalue weighted by atomic mass is 9.98. The number of nitrogens with zero attached hydrogens (tertiary/aromatic N) is 2. The van der Waals surface area contributed by atoms with E-state index in [1.807, 2.05) is 36.4 Å². The van der Waals surface area contributed by atoms with Crippen LogP contribution in [-0.2, 0) is 9.59 Å². The minimum atomic E-state index is -0.799. The fourth-order valence-electron chi connectivity index (χ4n) is 4.15. The van der Waals surface area contributed by atoms with Crippen molar-refractivity contribution in [2.75, 3.05) is 11.9 Å². The lowest BCUT2D eigenvalue weighted by molar-refractivity contribution is -0.133. The first-order valence-electron chi connectivity index (χ1n) is 9.28. The van der Waals surface area contributed by atoms with Gasteiger partial charge in [0.25, 0.3) is 5.91 Å². The molecule has 1 spiro atoms. The first-order valence-corrected chi connectivity index (χ1v) is 10.1. The van der Waals surface area contributed by atoms with Gasteiger partial charge in [-0.25, -0.2) is 9.78 Å². The quantitative estimate of drug-likeness (QED) is 0.667. The second-order valence-electron chi connectivity index (χ2n) is 7.31. The summed E-state index contributed by atoms with van der Waals surface area (Å²) in [6, 6.07) is 11.5. The summed E-state index contributed by atoms with van der Waals surface area (Å²) in [5.41, 5.74) is 0.0323. The molecule has 1 aliphatic carbocycles. The molecule has 1 saturated heterocycles. The minimum absolute atomic E-state index is 0.291. The van der Waals surface area contributed by atoms with Crippen molar-refractivity contribution in [2.45, 2.75) is 31.2 Å². The van der Waals surface area contributed by atoms with Gasteiger partial charge in [-0.2, -0.15) is 0 Å². The van der Waals surface area contributed by atoms with Gasteiger partial charge in [0.1, 0.15) is 12.1 Å². The fraction of sp³-hybridized carbons (Fsp3) is 0.300. The number of nitrogens with one attached hydrogen (secondary N) is 2. The number of imide groups is 1. The van der Waals surface area contributed by atoms with E-state index in [2.05, 4.69) is 15.6 Å². The smallest absolute Gasteiger partial charge is 0.323 e. The van der Waals surface area contributed by atoms with E-state index in [1.54, 1.807) is 0 Å². The van der Waals surface area contributed by atoms with E-state index in [9.17, 15) is 14.4 Å². The highest BCUT2D eigenvalue weighted by Crippen LogP contribution is 2.35. The molecule has 0 atom stereocenters. The first kappa shape index (κ1) is 17.1. The van der Waals surface area contributed by atoms with E-state index >= 15 is 0 Å². The number of benzene rings is 2. The first-order chi connectivity index (χ1) is 13.6. The summed E-state index contributed by atoms with van der Waals surface area (Å²) < 4.78 is 0.967. The third kappa shape index (κ3) is 2.63. The predicted molar refractivity (Wildman–Crippen MR) is 107 cm³/mol. The van der Waals surface area contributed by atoms with Crippen LogP contribution in [0.4, 0.5) is 9.93 Å². The van der Waals surface area contributed by atoms with Gasteiger partial charge in [0.2, 0.25) is 5.91 Å². The molecule has 5 rings (SSSR count). The highest BCUT2D eigenvalue weighted by molar-refractivity contribution is 7.22. The molecule has 2 heterocycles. The summed E-state index contributed by atoms with van der Waals surface area (Å²) >= 11 is 1.37. The zero-order valence-corrected chi connectivity index (χ0v) is 15.8. The maximum atomic E-state index is 12.7. The highest BCUT2D eigenvalue weighted by Gasteiger charge is 2.52. The number of amides is 4. The average Bonchev–Trinajstić information content (AvgIpc) is 3.37. The molecule has 0 unspecified atom stereocenters. The van der Waals surface area contributed by atoms with E-state index in [4.69, 9.17) is 0 Å². The highest BCUT2D eigenvalue weighted by atomic mass is 32.1. The normalized spacial score (nSPS) is 18.4. The van der Waals surface area contributed by atoms with Crippen molar-refractivity contribution in [3.8, 4) is 0 Å². The van der Waals surface area contributed by atoms with Crippen LogP contribution in [0.3, 0.4) is 0 Å². The standard InChI is InChI=1S/C20H18N4O3S/c25-15(11-24-17(26)20(23-19(24)27)9-3-4-10-20)21-18-22-16-13-6-2-1-5-12(13)7-8-14(16)28-18/h1-2,5-8H,3-4,9-11H2,(H,23,27)(H,21,22,25). The average molecular weight is 394 g/mol. The fourth-order valence-corrected chi connectivity index (χ4v) is 5.05. The zero-order chi connectivity index (χ0) is 19.3. The van der Waals surface area contributed by atoms with Gasteiger partial charge in [0, 0.05) is 5.39 Å². The number of thiazole rings is 1. The summed E-state index contributed by atoms with van der Waals surface area (Å²) in [6.45, 7) is -0.302. The molecule has 2 fully saturated rings. The van der Waals surface area contributed by atoms with Gasteiger partial charge in [0.05, 0.1) is 10.2 Å². The molecule has 0 radical (unpaired) electrons. The summed E-state index contributed by atoms with van der Waals surface area (Å²) in [5.74, 6) is -0.720. The van der Waals surface area contributed by atoms with Gasteiger partial charge in [-0.15, -0.1) is 0 Å². The van der Waals surface area contributed by atoms with Crippen LogP contribution in [0, 0.1) is 0 Å². The molecule has 2 aromatic carbocycles. The van der Waals surface area contributed by atoms with E-state index in [0.29, 0.717) is 18.0 Å². The van der Waals surface area contributed by atoms with Crippen LogP contribution in [0.15, 0.2) is 36.4 Å². The van der Waals surface area contributed by atoms with Crippen LogP contribution in [-0.4, -0.2) is 39.8 Å². The number of aromatic nitrogens is 1. The molecule has 28 heavy (non-hydrogen) atoms. The van der Waals surface area contributed by atoms with Gasteiger partial charge in [0.15, 0.2) is 5.13 Å². The molecule has 0 bridgehead atoms. The number of hydrogen-bond acceptors (Lipinski definition) is 5. The molecule has 1 aromatic heterocycles. The summed E-state index contributed by atoms with van der Waals surface area (Å²) in [6.07, 6.45) is 3.10. The third-order valence-electron chi connectivity index (χ3n) is 5.53. The third-order valence-corrected chi connectivity index (χ3v) is 6.47. The number of anilines is 1. The lowest BCUT2D eigenvalue weighted by Gasteiger charge is -2.19. The SMILES string of the molecule is O=C(CN1C(=O)NC2(CCCC2)C1=O)Nc1nc2c(ccc3ccccc32)s1. The van der Waals surface area contributed by atoms with Gasteiger partial charge < -0.3 is 10.6 Å². The molecule has 4 amide bonds. The monoisotopic (exact) mass is 394 g/mol. The summed E-state index contributed by atoms with van der Waals surface area (Å²) in [4.78, 5) is 42.9. The van der Waals surface area contributed by atoms with Gasteiger partial charge >= 0.3 is 6.03 Å². The number of urea groups is 1. The zero-order valence-electron chi connectivity index (χ0n) is 15.0. The molecule has 3 aromatic rings. The summed E-state index contributed by atoms with van der Waals surface area (Å²) in [5, 5.41) is 8.08. The van der Waals surface area contributed by atoms with E-state index in [1.165, 1.54) is 11.3 Å². The molecular weight excluding hydrogens is 376 g/mol. The number of rotatable bonds is 3. The maximum Gasteiger partial charge on any atom is 0.325 e. The van der Waals surface area contributed by atoms with Gasteiger partial charge in [-0.1, -0.05) is 54.5 Å². The Bertz CT molecular complexity index is 1130. The molecule has 7 nitrogen and oxygen atoms in total. The molecular formula is C20H18N4O3S. The molecule has 2 N–H and O–H groups in total. The molecule has 1 saturated carbocycles. The lowest BCUT2D eigenvalue weighted by Crippen LogP contribution is -2.44. The molecule has 142 valence electrons. The van der Waals surface area contributed by atoms with Crippen molar-refractivity contribution < 1.29 is 14.4 Å². The Kier molecular flexibility index (Phi) is 3.83. The Hall–Kier alpha value is -3.00. The number of hydrogen-bond donors (Lipinski definition) is 2. The van der Waals surface area contributed by atoms with Crippen molar-refractivity contribution in [3.05, 3.63) is 36.4 Å². The Balaban J connectivity index is 1.35. The van der Waals surface area contributed by atoms with Crippen LogP contribution in [0.5, 0.6) is 0 Å². The van der Waals surface area contributed by atoms with Crippen LogP contribution < -0.4 is 10.6 Å². The maximum absolute atomic E-state index is 12.7. The van der Waals surface area contributed by atoms with Crippen molar-refractivity contribution in [3.63, 3.8) is 0 Å². The van der Waals surface area contributed by atoms with Gasteiger partial charge in [-0.05, 0) is 24.3 Å². The Labute approximate surface area is 164 Å². The van der Waals surface area contributed by atoms with E-state index in [-0.39, 0.29) is 12.5 Å². The van der Waals surface area contributed by atoms with Crippen molar-refractivity contribution in [1.82, 2.24) is 15.2 Å². The van der Waals surface area contributed by atoms with Crippen molar-refractivity contribution >= 4 is 55.3 Å². The Morgan fingerprint density at radius 2 is 1.96 bits per heavy atom. The number of carbonyl (C=O) groups excluding carboxylic acids is 3. The van der Waals surface area contributed by atoms with Crippen LogP contribution in [0.25, 0.3) is 21.0 Å². The number of carbonyl (C=O) groups is 3. The molecule has 1 aliphatic heterocycles. The molecule has 8 heteroatoms. The van der Waals surface area contributed by atoms with Crippen LogP contribution in [0.2, 0.25) is 0 Å². The van der Waals surface area contributed by atoms with Crippen molar-refractivity contribution in [2.24, 2.45) is 0 Å². The Morgan fingerprint density at radius 3 is 2.79 bits per heavy atom. The summed E-state index contributed by atoms with van der Waals surface area (Å²) in [7, 11) is 0. The van der Waals surface area contributed by atoms with Gasteiger partial charge in [-0.3, -0.25) is 14.5 Å². The van der Waals surface area contributed by atoms with Crippen LogP contribution >= 0.6 is 11.3 Å². The largest absolute Gasteiger partial charge is 0.325 e. The molecule has 2 aliphatic rings. The predicted octanol–water partition coefficient (Wildman–Crippen LogP) is 3.25. The van der Waals surface area contributed by atoms with E-state index < -0.39 is 17.5 Å². The van der Waals surface area contributed by atoms with E-state index in [0.717, 1.165) is 38.7 Å². The second-order valence-corrected chi connectivity index (χ2v) is 8.34. The second kappa shape index (κ2) is 6.27. The minimum Gasteiger partial charge on any atom is -0.323 e.